The number of hydrogen-bond donors (Lipinski definition) is 1. The summed E-state index contributed by atoms with van der Waals surface area (Å²) in [6.07, 6.45) is -2.20. The Morgan fingerprint density at radius 1 is 1.18 bits per heavy atom. The van der Waals surface area contributed by atoms with E-state index in [1.807, 2.05) is 4.90 Å². The second kappa shape index (κ2) is 7.97. The fourth-order valence-electron chi connectivity index (χ4n) is 2.60. The third-order valence-electron chi connectivity index (χ3n) is 4.04. The standard InChI is InChI=1S/C17H19F3N6O2/c1-25(2)14-12(10-22-16(24-14)26-5-7-28-8-6-26)23-15(27)11-3-4-13(21-9-11)17(18,19)20/h3-4,9-10H,5-8H2,1-2H3,(H,23,27). The molecule has 0 aromatic carbocycles. The minimum absolute atomic E-state index is 0.00466. The van der Waals surface area contributed by atoms with Crippen LogP contribution in [-0.4, -0.2) is 61.3 Å². The van der Waals surface area contributed by atoms with E-state index in [0.717, 1.165) is 18.3 Å². The third kappa shape index (κ3) is 4.47. The zero-order chi connectivity index (χ0) is 20.3. The number of nitrogens with zero attached hydrogens (tertiary/aromatic N) is 5. The third-order valence-corrected chi connectivity index (χ3v) is 4.04. The minimum atomic E-state index is -4.56. The van der Waals surface area contributed by atoms with E-state index in [4.69, 9.17) is 4.74 Å². The first kappa shape index (κ1) is 19.8. The molecule has 3 rings (SSSR count). The summed E-state index contributed by atoms with van der Waals surface area (Å²) >= 11 is 0. The van der Waals surface area contributed by atoms with Gasteiger partial charge in [0.1, 0.15) is 11.4 Å². The predicted octanol–water partition coefficient (Wildman–Crippen LogP) is 2.05. The molecule has 0 bridgehead atoms. The normalized spacial score (nSPS) is 14.7. The maximum Gasteiger partial charge on any atom is 0.433 e. The summed E-state index contributed by atoms with van der Waals surface area (Å²) in [6, 6.07) is 1.84. The van der Waals surface area contributed by atoms with E-state index in [-0.39, 0.29) is 5.56 Å². The number of halogens is 3. The smallest absolute Gasteiger partial charge is 0.378 e. The van der Waals surface area contributed by atoms with Gasteiger partial charge < -0.3 is 19.9 Å². The van der Waals surface area contributed by atoms with Crippen molar-refractivity contribution in [3.63, 3.8) is 0 Å². The van der Waals surface area contributed by atoms with Gasteiger partial charge in [-0.2, -0.15) is 18.2 Å². The molecule has 0 aliphatic carbocycles. The molecule has 8 nitrogen and oxygen atoms in total. The van der Waals surface area contributed by atoms with Crippen LogP contribution in [0.2, 0.25) is 0 Å². The Balaban J connectivity index is 1.79. The van der Waals surface area contributed by atoms with Crippen LogP contribution < -0.4 is 15.1 Å². The lowest BCUT2D eigenvalue weighted by molar-refractivity contribution is -0.141. The van der Waals surface area contributed by atoms with Crippen molar-refractivity contribution in [2.24, 2.45) is 0 Å². The maximum atomic E-state index is 12.6. The lowest BCUT2D eigenvalue weighted by atomic mass is 10.2. The summed E-state index contributed by atoms with van der Waals surface area (Å²) in [7, 11) is 3.53. The van der Waals surface area contributed by atoms with Gasteiger partial charge in [0.25, 0.3) is 5.91 Å². The first-order valence-electron chi connectivity index (χ1n) is 8.47. The molecule has 2 aromatic heterocycles. The van der Waals surface area contributed by atoms with Crippen LogP contribution in [-0.2, 0) is 10.9 Å². The van der Waals surface area contributed by atoms with Crippen LogP contribution in [0.15, 0.2) is 24.5 Å². The van der Waals surface area contributed by atoms with Crippen molar-refractivity contribution >= 4 is 23.4 Å². The van der Waals surface area contributed by atoms with Crippen molar-refractivity contribution in [2.75, 3.05) is 55.5 Å². The first-order chi connectivity index (χ1) is 13.3. The highest BCUT2D eigenvalue weighted by atomic mass is 19.4. The van der Waals surface area contributed by atoms with Gasteiger partial charge in [-0.3, -0.25) is 9.78 Å². The number of rotatable bonds is 4. The maximum absolute atomic E-state index is 12.6. The van der Waals surface area contributed by atoms with Crippen molar-refractivity contribution in [3.05, 3.63) is 35.8 Å². The van der Waals surface area contributed by atoms with Gasteiger partial charge in [0, 0.05) is 33.4 Å². The molecule has 1 aliphatic heterocycles. The summed E-state index contributed by atoms with van der Waals surface area (Å²) < 4.78 is 43.1. The molecule has 11 heteroatoms. The van der Waals surface area contributed by atoms with Gasteiger partial charge >= 0.3 is 6.18 Å². The molecule has 150 valence electrons. The topological polar surface area (TPSA) is 83.5 Å². The van der Waals surface area contributed by atoms with E-state index >= 15 is 0 Å². The highest BCUT2D eigenvalue weighted by Crippen LogP contribution is 2.28. The molecule has 3 heterocycles. The number of morpholine rings is 1. The average molecular weight is 396 g/mol. The number of amides is 1. The Morgan fingerprint density at radius 3 is 2.46 bits per heavy atom. The number of aromatic nitrogens is 3. The fourth-order valence-corrected chi connectivity index (χ4v) is 2.60. The van der Waals surface area contributed by atoms with Gasteiger partial charge in [0.05, 0.1) is 25.0 Å². The number of carbonyl (C=O) groups excluding carboxylic acids is 1. The highest BCUT2D eigenvalue weighted by Gasteiger charge is 2.32. The van der Waals surface area contributed by atoms with Gasteiger partial charge in [0.2, 0.25) is 5.95 Å². The molecular weight excluding hydrogens is 377 g/mol. The zero-order valence-electron chi connectivity index (χ0n) is 15.3. The van der Waals surface area contributed by atoms with Crippen LogP contribution in [0.1, 0.15) is 16.1 Å². The van der Waals surface area contributed by atoms with Gasteiger partial charge in [-0.25, -0.2) is 4.98 Å². The summed E-state index contributed by atoms with van der Waals surface area (Å²) in [6.45, 7) is 2.49. The van der Waals surface area contributed by atoms with Gasteiger partial charge in [0.15, 0.2) is 5.82 Å². The molecule has 1 saturated heterocycles. The molecule has 28 heavy (non-hydrogen) atoms. The Bertz CT molecular complexity index is 836. The summed E-state index contributed by atoms with van der Waals surface area (Å²) in [4.78, 5) is 28.2. The van der Waals surface area contributed by atoms with Crippen LogP contribution in [0.3, 0.4) is 0 Å². The number of alkyl halides is 3. The van der Waals surface area contributed by atoms with E-state index in [9.17, 15) is 18.0 Å². The Hall–Kier alpha value is -2.95. The molecule has 1 amide bonds. The lowest BCUT2D eigenvalue weighted by Crippen LogP contribution is -2.37. The van der Waals surface area contributed by atoms with Crippen LogP contribution in [0.5, 0.6) is 0 Å². The van der Waals surface area contributed by atoms with E-state index in [2.05, 4.69) is 20.3 Å². The lowest BCUT2D eigenvalue weighted by Gasteiger charge is -2.28. The van der Waals surface area contributed by atoms with E-state index < -0.39 is 17.8 Å². The fraction of sp³-hybridized carbons (Fsp3) is 0.412. The number of hydrogen-bond acceptors (Lipinski definition) is 7. The summed E-state index contributed by atoms with van der Waals surface area (Å²) in [5.74, 6) is 0.387. The van der Waals surface area contributed by atoms with Crippen molar-refractivity contribution < 1.29 is 22.7 Å². The monoisotopic (exact) mass is 396 g/mol. The van der Waals surface area contributed by atoms with Crippen LogP contribution in [0.4, 0.5) is 30.6 Å². The number of ether oxygens (including phenoxy) is 1. The van der Waals surface area contributed by atoms with Crippen molar-refractivity contribution in [1.29, 1.82) is 0 Å². The van der Waals surface area contributed by atoms with Crippen LogP contribution in [0, 0.1) is 0 Å². The molecule has 0 unspecified atom stereocenters. The average Bonchev–Trinajstić information content (AvgIpc) is 2.68. The molecule has 1 N–H and O–H groups in total. The second-order valence-electron chi connectivity index (χ2n) is 6.29. The summed E-state index contributed by atoms with van der Waals surface area (Å²) in [5, 5.41) is 2.63. The molecule has 2 aromatic rings. The highest BCUT2D eigenvalue weighted by molar-refractivity contribution is 6.05. The first-order valence-corrected chi connectivity index (χ1v) is 8.47. The number of carbonyl (C=O) groups is 1. The zero-order valence-corrected chi connectivity index (χ0v) is 15.3. The second-order valence-corrected chi connectivity index (χ2v) is 6.29. The molecule has 0 spiro atoms. The Morgan fingerprint density at radius 2 is 1.89 bits per heavy atom. The van der Waals surface area contributed by atoms with Crippen molar-refractivity contribution in [3.8, 4) is 0 Å². The largest absolute Gasteiger partial charge is 0.433 e. The molecule has 1 aliphatic rings. The van der Waals surface area contributed by atoms with Crippen molar-refractivity contribution in [1.82, 2.24) is 15.0 Å². The van der Waals surface area contributed by atoms with E-state index in [0.29, 0.717) is 43.8 Å². The van der Waals surface area contributed by atoms with Crippen molar-refractivity contribution in [2.45, 2.75) is 6.18 Å². The molecule has 1 fully saturated rings. The van der Waals surface area contributed by atoms with E-state index in [1.165, 1.54) is 6.20 Å². The predicted molar refractivity (Wildman–Crippen MR) is 96.6 cm³/mol. The number of pyridine rings is 1. The van der Waals surface area contributed by atoms with E-state index in [1.54, 1.807) is 19.0 Å². The Labute approximate surface area is 159 Å². The van der Waals surface area contributed by atoms with Gasteiger partial charge in [-0.05, 0) is 12.1 Å². The number of nitrogens with one attached hydrogen (secondary N) is 1. The molecule has 0 saturated carbocycles. The SMILES string of the molecule is CN(C)c1nc(N2CCOCC2)ncc1NC(=O)c1ccc(C(F)(F)F)nc1. The molecule has 0 radical (unpaired) electrons. The quantitative estimate of drug-likeness (QED) is 0.847. The van der Waals surface area contributed by atoms with Gasteiger partial charge in [-0.1, -0.05) is 0 Å². The van der Waals surface area contributed by atoms with Crippen LogP contribution >= 0.6 is 0 Å². The van der Waals surface area contributed by atoms with Crippen LogP contribution in [0.25, 0.3) is 0 Å². The minimum Gasteiger partial charge on any atom is -0.378 e. The summed E-state index contributed by atoms with van der Waals surface area (Å²) in [5.41, 5.74) is -0.724. The molecule has 0 atom stereocenters. The number of anilines is 3. The Kier molecular flexibility index (Phi) is 5.63. The van der Waals surface area contributed by atoms with Gasteiger partial charge in [-0.15, -0.1) is 0 Å². The molecular formula is C17H19F3N6O2.